The van der Waals surface area contributed by atoms with Gasteiger partial charge in [-0.1, -0.05) is 66.7 Å². The smallest absolute Gasteiger partial charge is 0.146 e. The Morgan fingerprint density at radius 3 is 2.26 bits per heavy atom. The second-order valence-corrected chi connectivity index (χ2v) is 9.16. The van der Waals surface area contributed by atoms with E-state index in [2.05, 4.69) is 112 Å². The Morgan fingerprint density at radius 2 is 1.38 bits per heavy atom. The lowest BCUT2D eigenvalue weighted by molar-refractivity contribution is 0.968. The van der Waals surface area contributed by atoms with Crippen molar-refractivity contribution in [3.63, 3.8) is 0 Å². The van der Waals surface area contributed by atoms with Crippen molar-refractivity contribution in [2.24, 2.45) is 0 Å². The fraction of sp³-hybridized carbons (Fsp3) is 0.0645. The minimum Gasteiger partial charge on any atom is -0.310 e. The molecule has 0 aliphatic heterocycles. The fourth-order valence-corrected chi connectivity index (χ4v) is 5.91. The average molecular weight is 436 g/mol. The van der Waals surface area contributed by atoms with Crippen molar-refractivity contribution in [3.05, 3.63) is 108 Å². The summed E-state index contributed by atoms with van der Waals surface area (Å²) in [6.07, 6.45) is 6.77. The zero-order valence-electron chi connectivity index (χ0n) is 18.6. The highest BCUT2D eigenvalue weighted by Crippen LogP contribution is 2.36. The Hall–Kier alpha value is -4.37. The second kappa shape index (κ2) is 6.58. The summed E-state index contributed by atoms with van der Waals surface area (Å²) in [7, 11) is 0. The first-order valence-corrected chi connectivity index (χ1v) is 11.9. The molecule has 8 rings (SSSR count). The lowest BCUT2D eigenvalue weighted by Crippen LogP contribution is -2.00. The number of rotatable bonds is 1. The molecule has 0 N–H and O–H groups in total. The summed E-state index contributed by atoms with van der Waals surface area (Å²) in [6, 6.07) is 32.7. The van der Waals surface area contributed by atoms with E-state index >= 15 is 0 Å². The van der Waals surface area contributed by atoms with Crippen LogP contribution >= 0.6 is 0 Å². The predicted molar refractivity (Wildman–Crippen MR) is 142 cm³/mol. The van der Waals surface area contributed by atoms with Gasteiger partial charge in [0.1, 0.15) is 5.65 Å². The molecule has 0 amide bonds. The van der Waals surface area contributed by atoms with E-state index in [1.54, 1.807) is 0 Å². The van der Waals surface area contributed by atoms with Crippen LogP contribution in [0.25, 0.3) is 61.0 Å². The number of nitrogens with zero attached hydrogens (tertiary/aromatic N) is 3. The molecule has 1 aliphatic carbocycles. The Labute approximate surface area is 196 Å². The van der Waals surface area contributed by atoms with Gasteiger partial charge in [-0.25, -0.2) is 4.98 Å². The number of allylic oxidation sites excluding steroid dienone is 1. The van der Waals surface area contributed by atoms with Crippen LogP contribution in [0.3, 0.4) is 0 Å². The summed E-state index contributed by atoms with van der Waals surface area (Å²) in [4.78, 5) is 5.19. The number of aryl methyl sites for hydroxylation is 1. The Morgan fingerprint density at radius 1 is 0.647 bits per heavy atom. The third-order valence-corrected chi connectivity index (χ3v) is 7.36. The van der Waals surface area contributed by atoms with Gasteiger partial charge in [0.15, 0.2) is 0 Å². The molecule has 1 aliphatic rings. The number of pyridine rings is 1. The molecular formula is C31H21N3. The molecule has 0 unspecified atom stereocenters. The largest absolute Gasteiger partial charge is 0.310 e. The highest BCUT2D eigenvalue weighted by molar-refractivity contribution is 6.13. The maximum atomic E-state index is 5.19. The average Bonchev–Trinajstić information content (AvgIpc) is 3.45. The number of imidazole rings is 1. The van der Waals surface area contributed by atoms with Gasteiger partial charge < -0.3 is 4.57 Å². The molecule has 34 heavy (non-hydrogen) atoms. The number of fused-ring (bicyclic) bond motifs is 11. The van der Waals surface area contributed by atoms with Crippen molar-refractivity contribution >= 4 is 55.3 Å². The van der Waals surface area contributed by atoms with E-state index in [9.17, 15) is 0 Å². The number of aromatic nitrogens is 3. The molecule has 0 spiro atoms. The Kier molecular flexibility index (Phi) is 3.50. The molecule has 0 bridgehead atoms. The van der Waals surface area contributed by atoms with Crippen LogP contribution in [0.2, 0.25) is 0 Å². The zero-order chi connectivity index (χ0) is 22.2. The number of hydrogen-bond donors (Lipinski definition) is 0. The summed E-state index contributed by atoms with van der Waals surface area (Å²) < 4.78 is 4.72. The zero-order valence-corrected chi connectivity index (χ0v) is 18.6. The van der Waals surface area contributed by atoms with Gasteiger partial charge >= 0.3 is 0 Å². The van der Waals surface area contributed by atoms with E-state index in [1.807, 2.05) is 0 Å². The van der Waals surface area contributed by atoms with Gasteiger partial charge in [-0.05, 0) is 60.2 Å². The monoisotopic (exact) mass is 435 g/mol. The second-order valence-electron chi connectivity index (χ2n) is 9.16. The van der Waals surface area contributed by atoms with E-state index < -0.39 is 0 Å². The first kappa shape index (κ1) is 18.1. The first-order valence-electron chi connectivity index (χ1n) is 11.9. The number of para-hydroxylation sites is 2. The molecule has 7 aromatic rings. The van der Waals surface area contributed by atoms with Gasteiger partial charge in [0.2, 0.25) is 0 Å². The molecular weight excluding hydrogens is 414 g/mol. The standard InChI is InChI=1S/C31H21N3/c1-2-13-25-21(9-1)22-10-3-8-16-29(22)34-30-18-17-20(19-26(30)32-31(25)34)33-27-14-6-4-11-23(27)24-12-5-7-15-28(24)33/h1-4,6-11,13-19H,5,12H2. The van der Waals surface area contributed by atoms with Crippen molar-refractivity contribution in [1.29, 1.82) is 0 Å². The van der Waals surface area contributed by atoms with Crippen molar-refractivity contribution in [3.8, 4) is 5.69 Å². The summed E-state index contributed by atoms with van der Waals surface area (Å²) in [6.45, 7) is 0. The van der Waals surface area contributed by atoms with E-state index in [4.69, 9.17) is 4.98 Å². The molecule has 3 aromatic heterocycles. The summed E-state index contributed by atoms with van der Waals surface area (Å²) in [5, 5.41) is 5.04. The molecule has 3 nitrogen and oxygen atoms in total. The molecule has 0 atom stereocenters. The molecule has 0 saturated carbocycles. The third kappa shape index (κ3) is 2.28. The third-order valence-electron chi connectivity index (χ3n) is 7.36. The molecule has 0 radical (unpaired) electrons. The quantitative estimate of drug-likeness (QED) is 0.242. The summed E-state index contributed by atoms with van der Waals surface area (Å²) in [5.74, 6) is 0. The molecule has 3 heterocycles. The van der Waals surface area contributed by atoms with Gasteiger partial charge in [-0.2, -0.15) is 0 Å². The molecule has 4 aromatic carbocycles. The topological polar surface area (TPSA) is 22.2 Å². The number of hydrogen-bond acceptors (Lipinski definition) is 1. The number of benzene rings is 4. The molecule has 3 heteroatoms. The van der Waals surface area contributed by atoms with Gasteiger partial charge in [-0.15, -0.1) is 0 Å². The van der Waals surface area contributed by atoms with E-state index in [0.29, 0.717) is 0 Å². The van der Waals surface area contributed by atoms with Crippen LogP contribution in [0.1, 0.15) is 17.7 Å². The summed E-state index contributed by atoms with van der Waals surface area (Å²) in [5.41, 5.74) is 9.54. The minimum absolute atomic E-state index is 1.01. The van der Waals surface area contributed by atoms with Crippen LogP contribution in [0.4, 0.5) is 0 Å². The normalized spacial score (nSPS) is 13.5. The van der Waals surface area contributed by atoms with Crippen molar-refractivity contribution in [1.82, 2.24) is 14.0 Å². The van der Waals surface area contributed by atoms with Crippen LogP contribution < -0.4 is 0 Å². The van der Waals surface area contributed by atoms with E-state index in [-0.39, 0.29) is 0 Å². The van der Waals surface area contributed by atoms with Crippen molar-refractivity contribution < 1.29 is 0 Å². The minimum atomic E-state index is 1.01. The fourth-order valence-electron chi connectivity index (χ4n) is 5.91. The first-order chi connectivity index (χ1) is 16.9. The van der Waals surface area contributed by atoms with Crippen molar-refractivity contribution in [2.75, 3.05) is 0 Å². The van der Waals surface area contributed by atoms with E-state index in [1.165, 1.54) is 43.8 Å². The summed E-state index contributed by atoms with van der Waals surface area (Å²) >= 11 is 0. The molecule has 0 saturated heterocycles. The van der Waals surface area contributed by atoms with Crippen LogP contribution in [-0.2, 0) is 6.42 Å². The van der Waals surface area contributed by atoms with Crippen molar-refractivity contribution in [2.45, 2.75) is 12.8 Å². The molecule has 160 valence electrons. The SMILES string of the molecule is C1=Cc2c(c3ccccc3n2-c2ccc3c(c2)nc2c4ccccc4c4ccccc4n32)CC1. The van der Waals surface area contributed by atoms with Gasteiger partial charge in [0, 0.05) is 27.5 Å². The lowest BCUT2D eigenvalue weighted by atomic mass is 10.0. The van der Waals surface area contributed by atoms with Gasteiger partial charge in [0.25, 0.3) is 0 Å². The van der Waals surface area contributed by atoms with Crippen LogP contribution in [0.5, 0.6) is 0 Å². The maximum Gasteiger partial charge on any atom is 0.146 e. The van der Waals surface area contributed by atoms with Gasteiger partial charge in [-0.3, -0.25) is 4.40 Å². The highest BCUT2D eigenvalue weighted by atomic mass is 15.0. The lowest BCUT2D eigenvalue weighted by Gasteiger charge is -2.12. The Bertz CT molecular complexity index is 1970. The van der Waals surface area contributed by atoms with Crippen LogP contribution in [-0.4, -0.2) is 14.0 Å². The van der Waals surface area contributed by atoms with Gasteiger partial charge in [0.05, 0.1) is 22.1 Å². The Balaban J connectivity index is 1.49. The highest BCUT2D eigenvalue weighted by Gasteiger charge is 2.19. The molecule has 0 fully saturated rings. The van der Waals surface area contributed by atoms with E-state index in [0.717, 1.165) is 35.2 Å². The maximum absolute atomic E-state index is 5.19. The predicted octanol–water partition coefficient (Wildman–Crippen LogP) is 7.70. The van der Waals surface area contributed by atoms with Crippen LogP contribution in [0, 0.1) is 0 Å². The van der Waals surface area contributed by atoms with Crippen LogP contribution in [0.15, 0.2) is 97.1 Å².